The van der Waals surface area contributed by atoms with Crippen molar-refractivity contribution in [2.75, 3.05) is 11.6 Å². The van der Waals surface area contributed by atoms with E-state index >= 15 is 0 Å². The predicted octanol–water partition coefficient (Wildman–Crippen LogP) is 1.51. The van der Waals surface area contributed by atoms with Gasteiger partial charge in [-0.3, -0.25) is 5.10 Å². The number of aromatic amines is 1. The number of allylic oxidation sites excluding steroid dienone is 1. The lowest BCUT2D eigenvalue weighted by molar-refractivity contribution is 1.08. The first-order valence-corrected chi connectivity index (χ1v) is 4.29. The summed E-state index contributed by atoms with van der Waals surface area (Å²) in [7, 11) is 0. The summed E-state index contributed by atoms with van der Waals surface area (Å²) >= 11 is 5.48. The molecule has 1 aromatic heterocycles. The summed E-state index contributed by atoms with van der Waals surface area (Å²) in [5.74, 6) is 0.787. The van der Waals surface area contributed by atoms with E-state index in [9.17, 15) is 0 Å². The van der Waals surface area contributed by atoms with Gasteiger partial charge in [-0.2, -0.15) is 10.4 Å². The number of hydrogen-bond acceptors (Lipinski definition) is 3. The van der Waals surface area contributed by atoms with Crippen LogP contribution in [0.4, 0.5) is 5.82 Å². The van der Waals surface area contributed by atoms with Crippen LogP contribution in [0.3, 0.4) is 0 Å². The minimum absolute atomic E-state index is 0.230. The normalized spacial score (nSPS) is 10.5. The maximum absolute atomic E-state index is 8.69. The van der Waals surface area contributed by atoms with Gasteiger partial charge < -0.3 is 5.73 Å². The number of halogens is 1. The summed E-state index contributed by atoms with van der Waals surface area (Å²) in [6.07, 6.45) is 4.37. The van der Waals surface area contributed by atoms with Crippen LogP contribution in [0.2, 0.25) is 0 Å². The van der Waals surface area contributed by atoms with Crippen LogP contribution in [0.25, 0.3) is 6.08 Å². The van der Waals surface area contributed by atoms with Gasteiger partial charge in [0.25, 0.3) is 0 Å². The highest BCUT2D eigenvalue weighted by atomic mass is 35.5. The molecule has 0 unspecified atom stereocenters. The average Bonchev–Trinajstić information content (AvgIpc) is 2.47. The zero-order chi connectivity index (χ0) is 9.68. The molecule has 0 saturated carbocycles. The van der Waals surface area contributed by atoms with Crippen molar-refractivity contribution in [3.8, 4) is 6.07 Å². The highest BCUT2D eigenvalue weighted by Crippen LogP contribution is 2.13. The smallest absolute Gasteiger partial charge is 0.163 e. The molecule has 13 heavy (non-hydrogen) atoms. The Hall–Kier alpha value is -1.47. The van der Waals surface area contributed by atoms with E-state index in [1.807, 2.05) is 12.1 Å². The minimum atomic E-state index is 0.230. The third kappa shape index (κ3) is 2.23. The van der Waals surface area contributed by atoms with E-state index in [4.69, 9.17) is 22.6 Å². The molecule has 0 atom stereocenters. The molecule has 3 N–H and O–H groups in total. The fourth-order valence-corrected chi connectivity index (χ4v) is 0.998. The number of alkyl halides is 1. The molecule has 0 aliphatic rings. The Morgan fingerprint density at radius 3 is 3.08 bits per heavy atom. The van der Waals surface area contributed by atoms with Gasteiger partial charge in [-0.15, -0.1) is 11.6 Å². The van der Waals surface area contributed by atoms with Crippen molar-refractivity contribution in [1.82, 2.24) is 10.2 Å². The van der Waals surface area contributed by atoms with Crippen molar-refractivity contribution >= 4 is 23.5 Å². The number of hydrogen-bond donors (Lipinski definition) is 2. The van der Waals surface area contributed by atoms with Crippen LogP contribution in [0, 0.1) is 11.3 Å². The van der Waals surface area contributed by atoms with Crippen molar-refractivity contribution in [1.29, 1.82) is 5.26 Å². The second kappa shape index (κ2) is 4.53. The molecule has 0 amide bonds. The zero-order valence-corrected chi connectivity index (χ0v) is 7.67. The van der Waals surface area contributed by atoms with Gasteiger partial charge in [0.2, 0.25) is 0 Å². The molecule has 0 radical (unpaired) electrons. The number of nitriles is 1. The molecule has 1 rings (SSSR count). The molecule has 5 heteroatoms. The number of nitrogens with zero attached hydrogens (tertiary/aromatic N) is 2. The van der Waals surface area contributed by atoms with Gasteiger partial charge in [-0.25, -0.2) is 0 Å². The summed E-state index contributed by atoms with van der Waals surface area (Å²) in [5, 5.41) is 15.1. The molecule has 1 heterocycles. The van der Waals surface area contributed by atoms with Crippen LogP contribution < -0.4 is 5.73 Å². The number of aromatic nitrogens is 2. The number of rotatable bonds is 3. The van der Waals surface area contributed by atoms with Crippen molar-refractivity contribution in [2.45, 2.75) is 6.42 Å². The number of nitrogen functional groups attached to an aromatic ring is 1. The van der Waals surface area contributed by atoms with Gasteiger partial charge in [0.05, 0.1) is 5.69 Å². The highest BCUT2D eigenvalue weighted by Gasteiger charge is 2.05. The van der Waals surface area contributed by atoms with Crippen molar-refractivity contribution < 1.29 is 0 Å². The molecule has 0 bridgehead atoms. The van der Waals surface area contributed by atoms with E-state index in [2.05, 4.69) is 10.2 Å². The van der Waals surface area contributed by atoms with Crippen LogP contribution in [0.1, 0.15) is 17.7 Å². The summed E-state index contributed by atoms with van der Waals surface area (Å²) in [6, 6.07) is 1.97. The van der Waals surface area contributed by atoms with Gasteiger partial charge in [-0.1, -0.05) is 6.08 Å². The van der Waals surface area contributed by atoms with Gasteiger partial charge in [-0.05, 0) is 12.5 Å². The number of nitrogens with one attached hydrogen (secondary N) is 1. The summed E-state index contributed by atoms with van der Waals surface area (Å²) in [5.41, 5.74) is 6.44. The van der Waals surface area contributed by atoms with E-state index in [-0.39, 0.29) is 5.82 Å². The molecular weight excluding hydrogens is 188 g/mol. The average molecular weight is 197 g/mol. The third-order valence-corrected chi connectivity index (χ3v) is 1.71. The third-order valence-electron chi connectivity index (χ3n) is 1.49. The fourth-order valence-electron chi connectivity index (χ4n) is 0.873. The second-order valence-corrected chi connectivity index (χ2v) is 2.77. The lowest BCUT2D eigenvalue weighted by Gasteiger charge is -1.86. The monoisotopic (exact) mass is 196 g/mol. The fraction of sp³-hybridized carbons (Fsp3) is 0.250. The summed E-state index contributed by atoms with van der Waals surface area (Å²) in [6.45, 7) is 0. The molecule has 0 aromatic carbocycles. The first kappa shape index (κ1) is 9.62. The van der Waals surface area contributed by atoms with Crippen LogP contribution in [-0.2, 0) is 0 Å². The lowest BCUT2D eigenvalue weighted by Crippen LogP contribution is -1.87. The number of H-pyrrole nitrogens is 1. The Balaban J connectivity index is 2.84. The first-order chi connectivity index (χ1) is 6.29. The van der Waals surface area contributed by atoms with Crippen molar-refractivity contribution in [3.05, 3.63) is 17.3 Å². The topological polar surface area (TPSA) is 78.5 Å². The maximum atomic E-state index is 8.69. The molecule has 0 saturated heterocycles. The van der Waals surface area contributed by atoms with E-state index in [1.54, 1.807) is 6.08 Å². The van der Waals surface area contributed by atoms with E-state index in [0.717, 1.165) is 6.42 Å². The summed E-state index contributed by atoms with van der Waals surface area (Å²) in [4.78, 5) is 0. The molecule has 0 spiro atoms. The SMILES string of the molecule is N#Cc1c(N)n[nH]c1C=CCCCl. The molecule has 1 aromatic rings. The maximum Gasteiger partial charge on any atom is 0.163 e. The number of nitrogens with two attached hydrogens (primary N) is 1. The zero-order valence-electron chi connectivity index (χ0n) is 6.92. The van der Waals surface area contributed by atoms with Crippen LogP contribution in [-0.4, -0.2) is 16.1 Å². The molecule has 0 fully saturated rings. The van der Waals surface area contributed by atoms with Crippen LogP contribution in [0.5, 0.6) is 0 Å². The lowest BCUT2D eigenvalue weighted by atomic mass is 10.2. The van der Waals surface area contributed by atoms with Crippen molar-refractivity contribution in [2.24, 2.45) is 0 Å². The Morgan fingerprint density at radius 1 is 1.69 bits per heavy atom. The van der Waals surface area contributed by atoms with Crippen LogP contribution in [0.15, 0.2) is 6.08 Å². The largest absolute Gasteiger partial charge is 0.381 e. The molecule has 68 valence electrons. The van der Waals surface area contributed by atoms with Gasteiger partial charge in [0.15, 0.2) is 5.82 Å². The highest BCUT2D eigenvalue weighted by molar-refractivity contribution is 6.17. The Bertz CT molecular complexity index is 348. The second-order valence-electron chi connectivity index (χ2n) is 2.39. The van der Waals surface area contributed by atoms with Gasteiger partial charge >= 0.3 is 0 Å². The minimum Gasteiger partial charge on any atom is -0.381 e. The van der Waals surface area contributed by atoms with Crippen molar-refractivity contribution in [3.63, 3.8) is 0 Å². The first-order valence-electron chi connectivity index (χ1n) is 3.76. The Morgan fingerprint density at radius 2 is 2.46 bits per heavy atom. The van der Waals surface area contributed by atoms with Crippen LogP contribution >= 0.6 is 11.6 Å². The standard InChI is InChI=1S/C8H9ClN4/c9-4-2-1-3-7-6(5-10)8(11)13-12-7/h1,3H,2,4H2,(H3,11,12,13). The predicted molar refractivity (Wildman–Crippen MR) is 52.1 cm³/mol. The Kier molecular flexibility index (Phi) is 3.35. The quantitative estimate of drug-likeness (QED) is 0.720. The van der Waals surface area contributed by atoms with E-state index in [1.165, 1.54) is 0 Å². The summed E-state index contributed by atoms with van der Waals surface area (Å²) < 4.78 is 0. The number of anilines is 1. The molecule has 0 aliphatic heterocycles. The van der Waals surface area contributed by atoms with Gasteiger partial charge in [0.1, 0.15) is 11.6 Å². The Labute approximate surface area is 81.0 Å². The molecule has 0 aliphatic carbocycles. The molecular formula is C8H9ClN4. The van der Waals surface area contributed by atoms with Gasteiger partial charge in [0, 0.05) is 5.88 Å². The molecule has 4 nitrogen and oxygen atoms in total. The van der Waals surface area contributed by atoms with E-state index in [0.29, 0.717) is 17.1 Å². The van der Waals surface area contributed by atoms with E-state index < -0.39 is 0 Å².